The molecule has 34 heavy (non-hydrogen) atoms. The lowest BCUT2D eigenvalue weighted by Gasteiger charge is -2.15. The second-order valence-electron chi connectivity index (χ2n) is 7.61. The Bertz CT molecular complexity index is 1260. The number of hydrogen-bond acceptors (Lipinski definition) is 6. The van der Waals surface area contributed by atoms with Crippen molar-refractivity contribution in [1.82, 2.24) is 14.8 Å². The Hall–Kier alpha value is -3.78. The predicted octanol–water partition coefficient (Wildman–Crippen LogP) is 5.28. The molecular formula is C26H26N4O3S. The summed E-state index contributed by atoms with van der Waals surface area (Å²) in [5, 5.41) is 11.9. The number of para-hydroxylation sites is 2. The third-order valence-electron chi connectivity index (χ3n) is 5.15. The summed E-state index contributed by atoms with van der Waals surface area (Å²) in [6.45, 7) is 4.09. The molecule has 1 heterocycles. The minimum atomic E-state index is -0.414. The monoisotopic (exact) mass is 474 g/mol. The highest BCUT2D eigenvalue weighted by atomic mass is 32.2. The Morgan fingerprint density at radius 1 is 1.03 bits per heavy atom. The summed E-state index contributed by atoms with van der Waals surface area (Å²) in [7, 11) is 1.59. The molecule has 3 aromatic carbocycles. The molecule has 8 heteroatoms. The molecule has 1 aromatic heterocycles. The zero-order chi connectivity index (χ0) is 23.9. The van der Waals surface area contributed by atoms with Crippen molar-refractivity contribution in [3.8, 4) is 17.2 Å². The summed E-state index contributed by atoms with van der Waals surface area (Å²) in [6, 6.07) is 24.9. The Morgan fingerprint density at radius 3 is 2.56 bits per heavy atom. The number of aryl methyl sites for hydroxylation is 1. The molecule has 0 aliphatic heterocycles. The minimum absolute atomic E-state index is 0.140. The van der Waals surface area contributed by atoms with Gasteiger partial charge in [-0.2, -0.15) is 0 Å². The second-order valence-corrected chi connectivity index (χ2v) is 8.91. The number of methoxy groups -OCH3 is 1. The maximum atomic E-state index is 12.9. The van der Waals surface area contributed by atoms with E-state index in [9.17, 15) is 4.79 Å². The van der Waals surface area contributed by atoms with Gasteiger partial charge >= 0.3 is 0 Å². The quantitative estimate of drug-likeness (QED) is 0.333. The van der Waals surface area contributed by atoms with E-state index in [1.54, 1.807) is 13.2 Å². The lowest BCUT2D eigenvalue weighted by Crippen LogP contribution is -2.23. The van der Waals surface area contributed by atoms with Gasteiger partial charge in [-0.15, -0.1) is 10.2 Å². The van der Waals surface area contributed by atoms with Crippen LogP contribution in [-0.4, -0.2) is 33.0 Å². The number of ether oxygens (including phenoxy) is 2. The van der Waals surface area contributed by atoms with E-state index < -0.39 is 5.25 Å². The first kappa shape index (κ1) is 23.4. The van der Waals surface area contributed by atoms with E-state index in [0.29, 0.717) is 22.4 Å². The van der Waals surface area contributed by atoms with E-state index in [2.05, 4.69) is 15.5 Å². The number of rotatable bonds is 9. The lowest BCUT2D eigenvalue weighted by atomic mass is 10.2. The van der Waals surface area contributed by atoms with E-state index in [-0.39, 0.29) is 12.5 Å². The van der Waals surface area contributed by atoms with Crippen LogP contribution in [0.15, 0.2) is 84.0 Å². The van der Waals surface area contributed by atoms with Gasteiger partial charge in [0.05, 0.1) is 12.4 Å². The van der Waals surface area contributed by atoms with E-state index in [0.717, 1.165) is 17.0 Å². The summed E-state index contributed by atoms with van der Waals surface area (Å²) in [5.74, 6) is 1.99. The van der Waals surface area contributed by atoms with Crippen molar-refractivity contribution in [1.29, 1.82) is 0 Å². The molecule has 0 aliphatic rings. The highest BCUT2D eigenvalue weighted by Crippen LogP contribution is 2.28. The maximum Gasteiger partial charge on any atom is 0.237 e. The summed E-state index contributed by atoms with van der Waals surface area (Å²) < 4.78 is 13.2. The molecule has 0 bridgehead atoms. The van der Waals surface area contributed by atoms with Gasteiger partial charge in [0.15, 0.2) is 11.0 Å². The van der Waals surface area contributed by atoms with Gasteiger partial charge in [-0.3, -0.25) is 9.36 Å². The number of thioether (sulfide) groups is 1. The molecule has 4 rings (SSSR count). The van der Waals surface area contributed by atoms with Crippen molar-refractivity contribution in [2.24, 2.45) is 0 Å². The number of carbonyl (C=O) groups is 1. The first-order valence-corrected chi connectivity index (χ1v) is 11.7. The van der Waals surface area contributed by atoms with E-state index in [4.69, 9.17) is 9.47 Å². The summed E-state index contributed by atoms with van der Waals surface area (Å²) in [6.07, 6.45) is 0. The average molecular weight is 475 g/mol. The van der Waals surface area contributed by atoms with Crippen LogP contribution >= 0.6 is 11.8 Å². The second kappa shape index (κ2) is 10.9. The molecule has 0 spiro atoms. The Morgan fingerprint density at radius 2 is 1.79 bits per heavy atom. The molecule has 174 valence electrons. The zero-order valence-corrected chi connectivity index (χ0v) is 20.1. The number of anilines is 1. The van der Waals surface area contributed by atoms with E-state index in [1.807, 2.05) is 91.2 Å². The van der Waals surface area contributed by atoms with Gasteiger partial charge in [-0.05, 0) is 49.7 Å². The summed E-state index contributed by atoms with van der Waals surface area (Å²) in [5.41, 5.74) is 2.62. The normalized spacial score (nSPS) is 11.6. The molecule has 0 aliphatic carbocycles. The minimum Gasteiger partial charge on any atom is -0.497 e. The van der Waals surface area contributed by atoms with Crippen molar-refractivity contribution in [3.63, 3.8) is 0 Å². The van der Waals surface area contributed by atoms with Crippen LogP contribution in [0.3, 0.4) is 0 Å². The largest absolute Gasteiger partial charge is 0.497 e. The van der Waals surface area contributed by atoms with Crippen molar-refractivity contribution in [2.75, 3.05) is 12.4 Å². The number of benzene rings is 3. The highest BCUT2D eigenvalue weighted by Gasteiger charge is 2.22. The van der Waals surface area contributed by atoms with Crippen molar-refractivity contribution < 1.29 is 14.3 Å². The molecule has 0 radical (unpaired) electrons. The van der Waals surface area contributed by atoms with Gasteiger partial charge in [-0.25, -0.2) is 0 Å². The highest BCUT2D eigenvalue weighted by molar-refractivity contribution is 8.00. The molecule has 7 nitrogen and oxygen atoms in total. The Kier molecular flexibility index (Phi) is 7.49. The number of amides is 1. The fraction of sp³-hybridized carbons (Fsp3) is 0.192. The predicted molar refractivity (Wildman–Crippen MR) is 134 cm³/mol. The summed E-state index contributed by atoms with van der Waals surface area (Å²) >= 11 is 1.34. The molecule has 1 atom stereocenters. The lowest BCUT2D eigenvalue weighted by molar-refractivity contribution is -0.115. The number of aromatic nitrogens is 3. The number of carbonyl (C=O) groups excluding carboxylic acids is 1. The van der Waals surface area contributed by atoms with Crippen LogP contribution < -0.4 is 14.8 Å². The third-order valence-corrected chi connectivity index (χ3v) is 6.20. The van der Waals surface area contributed by atoms with Gasteiger partial charge in [0.1, 0.15) is 18.1 Å². The Labute approximate surface area is 203 Å². The van der Waals surface area contributed by atoms with Crippen molar-refractivity contribution in [2.45, 2.75) is 30.9 Å². The van der Waals surface area contributed by atoms with Crippen LogP contribution in [0.2, 0.25) is 0 Å². The molecule has 1 amide bonds. The smallest absolute Gasteiger partial charge is 0.237 e. The molecular weight excluding hydrogens is 448 g/mol. The number of hydrogen-bond donors (Lipinski definition) is 1. The van der Waals surface area contributed by atoms with Crippen LogP contribution in [0, 0.1) is 6.92 Å². The fourth-order valence-electron chi connectivity index (χ4n) is 3.32. The van der Waals surface area contributed by atoms with Gasteiger partial charge in [-0.1, -0.05) is 54.2 Å². The van der Waals surface area contributed by atoms with Crippen LogP contribution in [0.1, 0.15) is 18.3 Å². The molecule has 1 unspecified atom stereocenters. The van der Waals surface area contributed by atoms with Crippen LogP contribution in [0.5, 0.6) is 11.5 Å². The van der Waals surface area contributed by atoms with Crippen LogP contribution in [-0.2, 0) is 11.4 Å². The molecule has 0 saturated carbocycles. The first-order chi connectivity index (χ1) is 16.5. The van der Waals surface area contributed by atoms with Gasteiger partial charge in [0.25, 0.3) is 0 Å². The molecule has 4 aromatic rings. The van der Waals surface area contributed by atoms with Gasteiger partial charge in [0, 0.05) is 17.4 Å². The molecule has 0 fully saturated rings. The topological polar surface area (TPSA) is 78.3 Å². The Balaban J connectivity index is 1.53. The van der Waals surface area contributed by atoms with E-state index >= 15 is 0 Å². The van der Waals surface area contributed by atoms with Crippen LogP contribution in [0.4, 0.5) is 5.69 Å². The standard InChI is InChI=1S/C26H26N4O3S/c1-18-10-7-8-15-23(18)33-17-24-28-29-26(30(24)21-12-5-4-6-13-21)34-19(2)25(31)27-20-11-9-14-22(16-20)32-3/h4-16,19H,17H2,1-3H3,(H,27,31). The third kappa shape index (κ3) is 5.58. The SMILES string of the molecule is COc1cccc(NC(=O)C(C)Sc2nnc(COc3ccccc3C)n2-c2ccccc2)c1. The van der Waals surface area contributed by atoms with Crippen LogP contribution in [0.25, 0.3) is 5.69 Å². The van der Waals surface area contributed by atoms with Gasteiger partial charge in [0.2, 0.25) is 5.91 Å². The van der Waals surface area contributed by atoms with Crippen molar-refractivity contribution >= 4 is 23.4 Å². The molecule has 1 N–H and O–H groups in total. The maximum absolute atomic E-state index is 12.9. The number of nitrogens with zero attached hydrogens (tertiary/aromatic N) is 3. The van der Waals surface area contributed by atoms with Crippen molar-refractivity contribution in [3.05, 3.63) is 90.3 Å². The molecule has 0 saturated heterocycles. The first-order valence-electron chi connectivity index (χ1n) is 10.8. The van der Waals surface area contributed by atoms with E-state index in [1.165, 1.54) is 11.8 Å². The fourth-order valence-corrected chi connectivity index (χ4v) is 4.21. The number of nitrogens with one attached hydrogen (secondary N) is 1. The average Bonchev–Trinajstić information content (AvgIpc) is 3.26. The van der Waals surface area contributed by atoms with Gasteiger partial charge < -0.3 is 14.8 Å². The summed E-state index contributed by atoms with van der Waals surface area (Å²) in [4.78, 5) is 12.9. The zero-order valence-electron chi connectivity index (χ0n) is 19.3.